The van der Waals surface area contributed by atoms with Gasteiger partial charge in [-0.15, -0.1) is 0 Å². The Morgan fingerprint density at radius 2 is 1.76 bits per heavy atom. The van der Waals surface area contributed by atoms with Crippen LogP contribution in [0.1, 0.15) is 31.7 Å². The van der Waals surface area contributed by atoms with Crippen LogP contribution < -0.4 is 5.32 Å². The number of nitrogens with one attached hydrogen (secondary N) is 1. The molecule has 0 bridgehead atoms. The van der Waals surface area contributed by atoms with E-state index in [0.717, 1.165) is 6.42 Å². The summed E-state index contributed by atoms with van der Waals surface area (Å²) in [5.74, 6) is 0.794. The van der Waals surface area contributed by atoms with Crippen LogP contribution in [0.15, 0.2) is 30.3 Å². The fourth-order valence-corrected chi connectivity index (χ4v) is 1.98. The molecule has 96 valence electrons. The Balaban J connectivity index is 2.61. The van der Waals surface area contributed by atoms with E-state index in [-0.39, 0.29) is 6.54 Å². The van der Waals surface area contributed by atoms with Gasteiger partial charge in [0.1, 0.15) is 0 Å². The maximum Gasteiger partial charge on any atom is 0.250 e. The number of hydrogen-bond acceptors (Lipinski definition) is 1. The third-order valence-electron chi connectivity index (χ3n) is 3.22. The molecule has 2 atom stereocenters. The molecule has 0 aliphatic heterocycles. The predicted molar refractivity (Wildman–Crippen MR) is 67.5 cm³/mol. The maximum absolute atomic E-state index is 12.1. The Morgan fingerprint density at radius 3 is 2.29 bits per heavy atom. The molecule has 0 aliphatic rings. The highest BCUT2D eigenvalue weighted by Crippen LogP contribution is 2.26. The van der Waals surface area contributed by atoms with Crippen LogP contribution >= 0.6 is 0 Å². The number of halogens is 2. The van der Waals surface area contributed by atoms with E-state index >= 15 is 0 Å². The Bertz CT molecular complexity index is 300. The molecule has 0 amide bonds. The van der Waals surface area contributed by atoms with Gasteiger partial charge in [-0.2, -0.15) is 0 Å². The molecular weight excluding hydrogens is 220 g/mol. The van der Waals surface area contributed by atoms with Crippen molar-refractivity contribution in [2.75, 3.05) is 13.1 Å². The van der Waals surface area contributed by atoms with Gasteiger partial charge < -0.3 is 5.32 Å². The van der Waals surface area contributed by atoms with Crippen molar-refractivity contribution in [2.24, 2.45) is 5.92 Å². The van der Waals surface area contributed by atoms with E-state index in [1.54, 1.807) is 0 Å². The fraction of sp³-hybridized carbons (Fsp3) is 0.571. The summed E-state index contributed by atoms with van der Waals surface area (Å²) in [4.78, 5) is 0. The molecule has 0 spiro atoms. The summed E-state index contributed by atoms with van der Waals surface area (Å²) in [5, 5.41) is 2.85. The van der Waals surface area contributed by atoms with Crippen molar-refractivity contribution in [1.82, 2.24) is 5.32 Å². The third-order valence-corrected chi connectivity index (χ3v) is 3.22. The van der Waals surface area contributed by atoms with Gasteiger partial charge in [0.25, 0.3) is 6.43 Å². The summed E-state index contributed by atoms with van der Waals surface area (Å²) in [6.07, 6.45) is -1.22. The van der Waals surface area contributed by atoms with E-state index in [2.05, 4.69) is 31.3 Å². The van der Waals surface area contributed by atoms with Crippen LogP contribution in [0, 0.1) is 5.92 Å². The lowest BCUT2D eigenvalue weighted by Crippen LogP contribution is -2.29. The summed E-state index contributed by atoms with van der Waals surface area (Å²) >= 11 is 0. The lowest BCUT2D eigenvalue weighted by Gasteiger charge is -2.24. The lowest BCUT2D eigenvalue weighted by molar-refractivity contribution is 0.144. The molecule has 1 rings (SSSR count). The molecule has 0 aromatic heterocycles. The van der Waals surface area contributed by atoms with E-state index in [9.17, 15) is 8.78 Å². The summed E-state index contributed by atoms with van der Waals surface area (Å²) < 4.78 is 24.2. The smallest absolute Gasteiger partial charge is 0.250 e. The van der Waals surface area contributed by atoms with Crippen molar-refractivity contribution < 1.29 is 8.78 Å². The van der Waals surface area contributed by atoms with Crippen molar-refractivity contribution in [3.8, 4) is 0 Å². The fourth-order valence-electron chi connectivity index (χ4n) is 1.98. The van der Waals surface area contributed by atoms with Crippen LogP contribution in [0.25, 0.3) is 0 Å². The van der Waals surface area contributed by atoms with Gasteiger partial charge in [-0.3, -0.25) is 0 Å². The van der Waals surface area contributed by atoms with E-state index in [1.165, 1.54) is 5.56 Å². The minimum atomic E-state index is -2.27. The molecule has 3 heteroatoms. The minimum absolute atomic E-state index is 0.222. The van der Waals surface area contributed by atoms with Crippen LogP contribution in [-0.2, 0) is 0 Å². The summed E-state index contributed by atoms with van der Waals surface area (Å²) in [5.41, 5.74) is 1.23. The van der Waals surface area contributed by atoms with Crippen LogP contribution in [0.5, 0.6) is 0 Å². The molecule has 1 nitrogen and oxygen atoms in total. The first-order valence-corrected chi connectivity index (χ1v) is 6.19. The van der Waals surface area contributed by atoms with E-state index in [1.807, 2.05) is 18.2 Å². The standard InChI is InChI=1S/C14H21F2N/c1-3-11(2)13(9-17-10-14(15)16)12-7-5-4-6-8-12/h4-8,11,13-14,17H,3,9-10H2,1-2H3. The average molecular weight is 241 g/mol. The molecule has 0 heterocycles. The largest absolute Gasteiger partial charge is 0.311 e. The van der Waals surface area contributed by atoms with Crippen molar-refractivity contribution in [2.45, 2.75) is 32.6 Å². The van der Waals surface area contributed by atoms with Crippen LogP contribution in [0.4, 0.5) is 8.78 Å². The van der Waals surface area contributed by atoms with Gasteiger partial charge in [0.05, 0.1) is 6.54 Å². The highest BCUT2D eigenvalue weighted by Gasteiger charge is 2.17. The van der Waals surface area contributed by atoms with Gasteiger partial charge >= 0.3 is 0 Å². The van der Waals surface area contributed by atoms with Crippen molar-refractivity contribution >= 4 is 0 Å². The van der Waals surface area contributed by atoms with Gasteiger partial charge in [0.15, 0.2) is 0 Å². The van der Waals surface area contributed by atoms with Gasteiger partial charge in [0, 0.05) is 6.54 Å². The number of benzene rings is 1. The lowest BCUT2D eigenvalue weighted by atomic mass is 9.85. The predicted octanol–water partition coefficient (Wildman–Crippen LogP) is 3.67. The molecule has 1 aromatic rings. The minimum Gasteiger partial charge on any atom is -0.311 e. The van der Waals surface area contributed by atoms with Crippen LogP contribution in [-0.4, -0.2) is 19.5 Å². The molecule has 0 saturated heterocycles. The molecule has 1 N–H and O–H groups in total. The third kappa shape index (κ3) is 4.82. The number of alkyl halides is 2. The summed E-state index contributed by atoms with van der Waals surface area (Å²) in [6.45, 7) is 4.69. The topological polar surface area (TPSA) is 12.0 Å². The molecule has 17 heavy (non-hydrogen) atoms. The van der Waals surface area contributed by atoms with Crippen molar-refractivity contribution in [3.05, 3.63) is 35.9 Å². The molecule has 0 radical (unpaired) electrons. The van der Waals surface area contributed by atoms with Gasteiger partial charge in [-0.25, -0.2) is 8.78 Å². The molecule has 1 aromatic carbocycles. The molecule has 0 aliphatic carbocycles. The summed E-state index contributed by atoms with van der Waals surface area (Å²) in [6, 6.07) is 10.1. The Labute approximate surface area is 102 Å². The first kappa shape index (κ1) is 14.1. The monoisotopic (exact) mass is 241 g/mol. The highest BCUT2D eigenvalue weighted by atomic mass is 19.3. The zero-order valence-electron chi connectivity index (χ0n) is 10.5. The quantitative estimate of drug-likeness (QED) is 0.768. The highest BCUT2D eigenvalue weighted by molar-refractivity contribution is 5.20. The second-order valence-electron chi connectivity index (χ2n) is 4.45. The average Bonchev–Trinajstić information content (AvgIpc) is 2.34. The Morgan fingerprint density at radius 1 is 1.12 bits per heavy atom. The van der Waals surface area contributed by atoms with E-state index in [0.29, 0.717) is 18.4 Å². The van der Waals surface area contributed by atoms with Crippen LogP contribution in [0.2, 0.25) is 0 Å². The first-order chi connectivity index (χ1) is 8.15. The normalized spacial score (nSPS) is 14.9. The number of rotatable bonds is 7. The van der Waals surface area contributed by atoms with E-state index < -0.39 is 6.43 Å². The zero-order valence-corrected chi connectivity index (χ0v) is 10.5. The van der Waals surface area contributed by atoms with Crippen molar-refractivity contribution in [1.29, 1.82) is 0 Å². The molecule has 2 unspecified atom stereocenters. The zero-order chi connectivity index (χ0) is 12.7. The van der Waals surface area contributed by atoms with Gasteiger partial charge in [-0.05, 0) is 17.4 Å². The van der Waals surface area contributed by atoms with E-state index in [4.69, 9.17) is 0 Å². The number of hydrogen-bond donors (Lipinski definition) is 1. The second kappa shape index (κ2) is 7.38. The molecular formula is C14H21F2N. The Kier molecular flexibility index (Phi) is 6.12. The SMILES string of the molecule is CCC(C)C(CNCC(F)F)c1ccccc1. The maximum atomic E-state index is 12.1. The molecule has 0 fully saturated rings. The summed E-state index contributed by atoms with van der Waals surface area (Å²) in [7, 11) is 0. The van der Waals surface area contributed by atoms with Crippen molar-refractivity contribution in [3.63, 3.8) is 0 Å². The first-order valence-electron chi connectivity index (χ1n) is 6.19. The van der Waals surface area contributed by atoms with Crippen LogP contribution in [0.3, 0.4) is 0 Å². The van der Waals surface area contributed by atoms with Gasteiger partial charge in [-0.1, -0.05) is 50.6 Å². The Hall–Kier alpha value is -0.960. The van der Waals surface area contributed by atoms with Gasteiger partial charge in [0.2, 0.25) is 0 Å². The molecule has 0 saturated carbocycles. The second-order valence-corrected chi connectivity index (χ2v) is 4.45.